The minimum absolute atomic E-state index is 0.0724. The molecule has 4 rings (SSSR count). The molecule has 2 aromatic carbocycles. The van der Waals surface area contributed by atoms with E-state index in [1.807, 2.05) is 30.3 Å². The van der Waals surface area contributed by atoms with Crippen LogP contribution < -0.4 is 10.6 Å². The first-order chi connectivity index (χ1) is 13.8. The number of ketones is 1. The number of hydrogen-bond donors (Lipinski definition) is 3. The molecule has 0 aromatic heterocycles. The van der Waals surface area contributed by atoms with Gasteiger partial charge in [-0.3, -0.25) is 19.2 Å². The number of aliphatic hydroxyl groups is 1. The van der Waals surface area contributed by atoms with Gasteiger partial charge in [0.1, 0.15) is 0 Å². The van der Waals surface area contributed by atoms with Gasteiger partial charge in [0.15, 0.2) is 12.0 Å². The average Bonchev–Trinajstić information content (AvgIpc) is 2.97. The zero-order chi connectivity index (χ0) is 20.8. The summed E-state index contributed by atoms with van der Waals surface area (Å²) in [5.74, 6) is -7.71. The smallest absolute Gasteiger partial charge is 0.282 e. The third kappa shape index (κ3) is 2.95. The van der Waals surface area contributed by atoms with Crippen molar-refractivity contribution in [1.29, 1.82) is 0 Å². The molecule has 2 heterocycles. The van der Waals surface area contributed by atoms with E-state index in [9.17, 15) is 24.3 Å². The van der Waals surface area contributed by atoms with Crippen molar-refractivity contribution in [2.45, 2.75) is 25.0 Å². The van der Waals surface area contributed by atoms with Crippen molar-refractivity contribution < 1.29 is 28.7 Å². The molecule has 1 saturated heterocycles. The van der Waals surface area contributed by atoms with Crippen LogP contribution in [0.2, 0.25) is 0 Å². The first-order valence-electron chi connectivity index (χ1n) is 8.83. The summed E-state index contributed by atoms with van der Waals surface area (Å²) in [6, 6.07) is 13.7. The topological polar surface area (TPSA) is 116 Å². The normalized spacial score (nSPS) is 23.8. The van der Waals surface area contributed by atoms with Crippen LogP contribution in [0.3, 0.4) is 0 Å². The van der Waals surface area contributed by atoms with Crippen molar-refractivity contribution in [2.24, 2.45) is 0 Å². The first-order valence-corrected chi connectivity index (χ1v) is 8.83. The summed E-state index contributed by atoms with van der Waals surface area (Å²) in [5.41, 5.74) is 1.08. The molecule has 3 N–H and O–H groups in total. The Kier molecular flexibility index (Phi) is 4.39. The van der Waals surface area contributed by atoms with Crippen LogP contribution in [0.5, 0.6) is 0 Å². The maximum absolute atomic E-state index is 15.5. The standard InChI is InChI=1S/C20H16FN3O5/c21-20(9-14(25)16(26)23-19(20)29)24-17(27)12-7-4-8-13(15(12)18(24)28)22-10-11-5-2-1-3-6-11/h1-8,16,22,26H,9-10H2,(H,23,29). The Labute approximate surface area is 164 Å². The molecule has 2 aromatic rings. The highest BCUT2D eigenvalue weighted by Crippen LogP contribution is 2.37. The number of piperidine rings is 1. The maximum atomic E-state index is 15.5. The summed E-state index contributed by atoms with van der Waals surface area (Å²) in [5, 5.41) is 14.2. The summed E-state index contributed by atoms with van der Waals surface area (Å²) in [7, 11) is 0. The highest BCUT2D eigenvalue weighted by atomic mass is 19.1. The number of hydrogen-bond acceptors (Lipinski definition) is 6. The van der Waals surface area contributed by atoms with Gasteiger partial charge in [-0.25, -0.2) is 9.29 Å². The minimum Gasteiger partial charge on any atom is -0.380 e. The van der Waals surface area contributed by atoms with Gasteiger partial charge in [0.25, 0.3) is 23.5 Å². The molecule has 9 heteroatoms. The lowest BCUT2D eigenvalue weighted by atomic mass is 9.99. The number of alkyl halides is 1. The predicted molar refractivity (Wildman–Crippen MR) is 98.3 cm³/mol. The highest BCUT2D eigenvalue weighted by molar-refractivity contribution is 6.26. The number of carbonyl (C=O) groups is 4. The Balaban J connectivity index is 1.67. The quantitative estimate of drug-likeness (QED) is 0.523. The molecular weight excluding hydrogens is 381 g/mol. The van der Waals surface area contributed by atoms with Crippen LogP contribution in [0.4, 0.5) is 10.1 Å². The molecule has 3 amide bonds. The number of rotatable bonds is 4. The second-order valence-electron chi connectivity index (χ2n) is 6.79. The lowest BCUT2D eigenvalue weighted by Crippen LogP contribution is -2.65. The van der Waals surface area contributed by atoms with Crippen LogP contribution >= 0.6 is 0 Å². The van der Waals surface area contributed by atoms with Crippen molar-refractivity contribution in [3.63, 3.8) is 0 Å². The second kappa shape index (κ2) is 6.78. The summed E-state index contributed by atoms with van der Waals surface area (Å²) < 4.78 is 15.5. The van der Waals surface area contributed by atoms with Crippen LogP contribution in [0, 0.1) is 0 Å². The van der Waals surface area contributed by atoms with E-state index in [4.69, 9.17) is 0 Å². The van der Waals surface area contributed by atoms with E-state index in [-0.39, 0.29) is 16.0 Å². The van der Waals surface area contributed by atoms with Gasteiger partial charge in [0.05, 0.1) is 17.5 Å². The van der Waals surface area contributed by atoms with E-state index in [0.717, 1.165) is 5.56 Å². The van der Waals surface area contributed by atoms with Crippen LogP contribution in [-0.4, -0.2) is 45.5 Å². The molecule has 2 unspecified atom stereocenters. The Hall–Kier alpha value is -3.59. The summed E-state index contributed by atoms with van der Waals surface area (Å²) in [6.07, 6.45) is -2.98. The number of anilines is 1. The molecule has 8 nitrogen and oxygen atoms in total. The lowest BCUT2D eigenvalue weighted by molar-refractivity contribution is -0.160. The van der Waals surface area contributed by atoms with Crippen LogP contribution in [0.25, 0.3) is 0 Å². The number of carbonyl (C=O) groups excluding carboxylic acids is 4. The summed E-state index contributed by atoms with van der Waals surface area (Å²) >= 11 is 0. The second-order valence-corrected chi connectivity index (χ2v) is 6.79. The van der Waals surface area contributed by atoms with Crippen LogP contribution in [-0.2, 0) is 16.1 Å². The number of Topliss-reactive ketones (excluding diaryl/α,β-unsaturated/α-hetero) is 1. The van der Waals surface area contributed by atoms with Crippen LogP contribution in [0.1, 0.15) is 32.7 Å². The number of amides is 3. The van der Waals surface area contributed by atoms with E-state index in [1.54, 1.807) is 11.4 Å². The Morgan fingerprint density at radius 2 is 1.79 bits per heavy atom. The van der Waals surface area contributed by atoms with Gasteiger partial charge in [-0.15, -0.1) is 0 Å². The first kappa shape index (κ1) is 18.8. The van der Waals surface area contributed by atoms with E-state index < -0.39 is 41.9 Å². The molecule has 0 spiro atoms. The fourth-order valence-corrected chi connectivity index (χ4v) is 3.45. The lowest BCUT2D eigenvalue weighted by Gasteiger charge is -2.35. The van der Waals surface area contributed by atoms with Gasteiger partial charge < -0.3 is 15.7 Å². The molecule has 29 heavy (non-hydrogen) atoms. The van der Waals surface area contributed by atoms with Crippen molar-refractivity contribution in [1.82, 2.24) is 10.2 Å². The third-order valence-corrected chi connectivity index (χ3v) is 4.92. The highest BCUT2D eigenvalue weighted by Gasteiger charge is 2.59. The molecule has 1 fully saturated rings. The number of nitrogens with one attached hydrogen (secondary N) is 2. The number of fused-ring (bicyclic) bond motifs is 1. The van der Waals surface area contributed by atoms with Gasteiger partial charge in [-0.1, -0.05) is 36.4 Å². The zero-order valence-electron chi connectivity index (χ0n) is 15.0. The van der Waals surface area contributed by atoms with E-state index in [0.29, 0.717) is 12.2 Å². The molecular formula is C20H16FN3O5. The average molecular weight is 397 g/mol. The fraction of sp³-hybridized carbons (Fsp3) is 0.200. The van der Waals surface area contributed by atoms with Gasteiger partial charge >= 0.3 is 0 Å². The van der Waals surface area contributed by atoms with E-state index in [1.165, 1.54) is 12.1 Å². The molecule has 2 aliphatic heterocycles. The predicted octanol–water partition coefficient (Wildman–Crippen LogP) is 0.968. The molecule has 0 bridgehead atoms. The van der Waals surface area contributed by atoms with Crippen molar-refractivity contribution in [3.8, 4) is 0 Å². The van der Waals surface area contributed by atoms with E-state index >= 15 is 4.39 Å². The zero-order valence-corrected chi connectivity index (χ0v) is 15.0. The number of aliphatic hydroxyl groups excluding tert-OH is 1. The van der Waals surface area contributed by atoms with Crippen molar-refractivity contribution >= 4 is 29.2 Å². The maximum Gasteiger partial charge on any atom is 0.282 e. The Morgan fingerprint density at radius 1 is 1.07 bits per heavy atom. The Morgan fingerprint density at radius 3 is 2.52 bits per heavy atom. The largest absolute Gasteiger partial charge is 0.380 e. The van der Waals surface area contributed by atoms with Gasteiger partial charge in [-0.2, -0.15) is 0 Å². The molecule has 2 aliphatic rings. The number of benzene rings is 2. The third-order valence-electron chi connectivity index (χ3n) is 4.92. The number of halogens is 1. The van der Waals surface area contributed by atoms with Crippen molar-refractivity contribution in [2.75, 3.05) is 5.32 Å². The molecule has 0 aliphatic carbocycles. The number of imide groups is 1. The summed E-state index contributed by atoms with van der Waals surface area (Å²) in [4.78, 5) is 49.8. The fourth-order valence-electron chi connectivity index (χ4n) is 3.45. The van der Waals surface area contributed by atoms with Crippen molar-refractivity contribution in [3.05, 3.63) is 65.2 Å². The summed E-state index contributed by atoms with van der Waals surface area (Å²) in [6.45, 7) is 0.352. The molecule has 0 saturated carbocycles. The van der Waals surface area contributed by atoms with Gasteiger partial charge in [0.2, 0.25) is 0 Å². The van der Waals surface area contributed by atoms with Crippen LogP contribution in [0.15, 0.2) is 48.5 Å². The molecule has 0 radical (unpaired) electrons. The molecule has 148 valence electrons. The number of nitrogens with zero attached hydrogens (tertiary/aromatic N) is 1. The minimum atomic E-state index is -3.21. The van der Waals surface area contributed by atoms with Gasteiger partial charge in [-0.05, 0) is 17.7 Å². The van der Waals surface area contributed by atoms with Gasteiger partial charge in [0, 0.05) is 12.2 Å². The van der Waals surface area contributed by atoms with E-state index in [2.05, 4.69) is 5.32 Å². The Bertz CT molecular complexity index is 1040. The SMILES string of the molecule is O=C1CC(F)(N2C(=O)c3cccc(NCc4ccccc4)c3C2=O)C(=O)NC1O. The monoisotopic (exact) mass is 397 g/mol. The molecule has 2 atom stereocenters.